The number of hydrogen-bond acceptors (Lipinski definition) is 2. The Morgan fingerprint density at radius 3 is 2.08 bits per heavy atom. The van der Waals surface area contributed by atoms with E-state index in [1.807, 2.05) is 18.2 Å². The van der Waals surface area contributed by atoms with Gasteiger partial charge in [0.05, 0.1) is 11.2 Å². The predicted molar refractivity (Wildman–Crippen MR) is 100.0 cm³/mol. The number of aromatic nitrogens is 2. The molecule has 2 heteroatoms. The maximum absolute atomic E-state index is 4.62. The topological polar surface area (TPSA) is 25.8 Å². The normalized spacial score (nSPS) is 11.3. The molecule has 0 amide bonds. The van der Waals surface area contributed by atoms with Crippen LogP contribution in [0.15, 0.2) is 85.2 Å². The van der Waals surface area contributed by atoms with Crippen LogP contribution in [0.4, 0.5) is 0 Å². The Hall–Kier alpha value is -3.26. The van der Waals surface area contributed by atoms with Crippen LogP contribution in [0, 0.1) is 0 Å². The molecule has 0 unspecified atom stereocenters. The van der Waals surface area contributed by atoms with E-state index < -0.39 is 0 Å². The van der Waals surface area contributed by atoms with Gasteiger partial charge in [-0.2, -0.15) is 0 Å². The van der Waals surface area contributed by atoms with Crippen LogP contribution in [0.5, 0.6) is 0 Å². The van der Waals surface area contributed by atoms with E-state index in [2.05, 4.69) is 70.6 Å². The van der Waals surface area contributed by atoms with E-state index >= 15 is 0 Å². The summed E-state index contributed by atoms with van der Waals surface area (Å²) in [6.07, 6.45) is 1.65. The second-order valence-electron chi connectivity index (χ2n) is 5.93. The van der Waals surface area contributed by atoms with Crippen LogP contribution >= 0.6 is 0 Å². The van der Waals surface area contributed by atoms with Crippen molar-refractivity contribution in [3.8, 4) is 11.3 Å². The van der Waals surface area contributed by atoms with Crippen LogP contribution < -0.4 is 0 Å². The summed E-state index contributed by atoms with van der Waals surface area (Å²) >= 11 is 0. The molecule has 0 saturated heterocycles. The minimum atomic E-state index is 0.972. The maximum Gasteiger partial charge on any atom is 0.116 e. The van der Waals surface area contributed by atoms with Gasteiger partial charge in [-0.25, -0.2) is 9.97 Å². The first-order valence-electron chi connectivity index (χ1n) is 8.02. The zero-order valence-corrected chi connectivity index (χ0v) is 13.0. The molecule has 0 atom stereocenters. The lowest BCUT2D eigenvalue weighted by molar-refractivity contribution is 1.23. The average Bonchev–Trinajstić information content (AvgIpc) is 2.67. The summed E-state index contributed by atoms with van der Waals surface area (Å²) in [5, 5.41) is 6.07. The molecule has 1 aromatic heterocycles. The molecule has 0 aliphatic heterocycles. The molecule has 4 aromatic carbocycles. The summed E-state index contributed by atoms with van der Waals surface area (Å²) in [6, 6.07) is 27.5. The molecule has 0 N–H and O–H groups in total. The van der Waals surface area contributed by atoms with Crippen molar-refractivity contribution in [2.24, 2.45) is 0 Å². The van der Waals surface area contributed by atoms with Crippen molar-refractivity contribution >= 4 is 32.4 Å². The lowest BCUT2D eigenvalue weighted by Crippen LogP contribution is -1.91. The Bertz CT molecular complexity index is 1200. The molecule has 0 spiro atoms. The van der Waals surface area contributed by atoms with Gasteiger partial charge in [0.2, 0.25) is 0 Å². The number of hydrogen-bond donors (Lipinski definition) is 0. The summed E-state index contributed by atoms with van der Waals surface area (Å²) in [7, 11) is 0. The van der Waals surface area contributed by atoms with E-state index in [9.17, 15) is 0 Å². The quantitative estimate of drug-likeness (QED) is 0.376. The van der Waals surface area contributed by atoms with Gasteiger partial charge in [-0.3, -0.25) is 0 Å². The van der Waals surface area contributed by atoms with Crippen molar-refractivity contribution in [3.05, 3.63) is 85.2 Å². The van der Waals surface area contributed by atoms with Gasteiger partial charge in [0, 0.05) is 10.9 Å². The second-order valence-corrected chi connectivity index (χ2v) is 5.93. The molecule has 1 heterocycles. The molecule has 0 aliphatic carbocycles. The SMILES string of the molecule is c1ccc2c(c1)cc(-c1ncnc3ccccc13)c1ccccc12. The molecule has 24 heavy (non-hydrogen) atoms. The van der Waals surface area contributed by atoms with Crippen molar-refractivity contribution in [2.45, 2.75) is 0 Å². The van der Waals surface area contributed by atoms with Crippen molar-refractivity contribution < 1.29 is 0 Å². The Balaban J connectivity index is 1.98. The van der Waals surface area contributed by atoms with Crippen molar-refractivity contribution in [1.82, 2.24) is 9.97 Å². The molecule has 0 saturated carbocycles. The number of nitrogens with zero attached hydrogens (tertiary/aromatic N) is 2. The lowest BCUT2D eigenvalue weighted by atomic mass is 9.94. The van der Waals surface area contributed by atoms with Crippen LogP contribution in [0.2, 0.25) is 0 Å². The van der Waals surface area contributed by atoms with Crippen LogP contribution in [0.1, 0.15) is 0 Å². The zero-order valence-electron chi connectivity index (χ0n) is 13.0. The van der Waals surface area contributed by atoms with E-state index in [1.165, 1.54) is 21.5 Å². The molecule has 0 radical (unpaired) electrons. The van der Waals surface area contributed by atoms with Crippen LogP contribution in [-0.4, -0.2) is 9.97 Å². The Labute approximate surface area is 139 Å². The van der Waals surface area contributed by atoms with Gasteiger partial charge < -0.3 is 0 Å². The van der Waals surface area contributed by atoms with E-state index in [0.29, 0.717) is 0 Å². The molecule has 2 nitrogen and oxygen atoms in total. The molecular weight excluding hydrogens is 292 g/mol. The molecule has 0 bridgehead atoms. The van der Waals surface area contributed by atoms with Crippen LogP contribution in [0.25, 0.3) is 43.7 Å². The minimum absolute atomic E-state index is 0.972. The highest BCUT2D eigenvalue weighted by atomic mass is 14.8. The number of para-hydroxylation sites is 1. The Morgan fingerprint density at radius 1 is 0.542 bits per heavy atom. The summed E-state index contributed by atoms with van der Waals surface area (Å²) < 4.78 is 0. The fraction of sp³-hybridized carbons (Fsp3) is 0. The average molecular weight is 306 g/mol. The van der Waals surface area contributed by atoms with Gasteiger partial charge >= 0.3 is 0 Å². The highest BCUT2D eigenvalue weighted by Crippen LogP contribution is 2.36. The van der Waals surface area contributed by atoms with Crippen LogP contribution in [-0.2, 0) is 0 Å². The molecule has 0 fully saturated rings. The lowest BCUT2D eigenvalue weighted by Gasteiger charge is -2.11. The van der Waals surface area contributed by atoms with E-state index in [0.717, 1.165) is 22.2 Å². The molecule has 5 aromatic rings. The molecule has 112 valence electrons. The van der Waals surface area contributed by atoms with E-state index in [4.69, 9.17) is 0 Å². The van der Waals surface area contributed by atoms with Gasteiger partial charge in [-0.15, -0.1) is 0 Å². The van der Waals surface area contributed by atoms with E-state index in [-0.39, 0.29) is 0 Å². The summed E-state index contributed by atoms with van der Waals surface area (Å²) in [5.74, 6) is 0. The van der Waals surface area contributed by atoms with Crippen LogP contribution in [0.3, 0.4) is 0 Å². The highest BCUT2D eigenvalue weighted by molar-refractivity contribution is 6.15. The summed E-state index contributed by atoms with van der Waals surface area (Å²) in [5.41, 5.74) is 3.12. The van der Waals surface area contributed by atoms with Gasteiger partial charge in [-0.05, 0) is 33.7 Å². The number of benzene rings is 4. The fourth-order valence-electron chi connectivity index (χ4n) is 3.47. The van der Waals surface area contributed by atoms with Crippen molar-refractivity contribution in [2.75, 3.05) is 0 Å². The summed E-state index contributed by atoms with van der Waals surface area (Å²) in [4.78, 5) is 9.02. The van der Waals surface area contributed by atoms with Crippen molar-refractivity contribution in [3.63, 3.8) is 0 Å². The first-order chi connectivity index (χ1) is 11.9. The van der Waals surface area contributed by atoms with E-state index in [1.54, 1.807) is 6.33 Å². The zero-order chi connectivity index (χ0) is 15.9. The predicted octanol–water partition coefficient (Wildman–Crippen LogP) is 5.60. The van der Waals surface area contributed by atoms with Gasteiger partial charge in [0.15, 0.2) is 0 Å². The molecule has 5 rings (SSSR count). The molecular formula is C22H14N2. The van der Waals surface area contributed by atoms with Crippen molar-refractivity contribution in [1.29, 1.82) is 0 Å². The number of rotatable bonds is 1. The van der Waals surface area contributed by atoms with Gasteiger partial charge in [0.1, 0.15) is 6.33 Å². The third-order valence-corrected chi connectivity index (χ3v) is 4.57. The monoisotopic (exact) mass is 306 g/mol. The Kier molecular flexibility index (Phi) is 2.83. The maximum atomic E-state index is 4.62. The Morgan fingerprint density at radius 2 is 1.21 bits per heavy atom. The summed E-state index contributed by atoms with van der Waals surface area (Å²) in [6.45, 7) is 0. The van der Waals surface area contributed by atoms with Gasteiger partial charge in [0.25, 0.3) is 0 Å². The van der Waals surface area contributed by atoms with Gasteiger partial charge in [-0.1, -0.05) is 66.7 Å². The molecule has 0 aliphatic rings. The number of fused-ring (bicyclic) bond motifs is 4. The standard InChI is InChI=1S/C22H14N2/c1-2-8-16-15(7-1)13-20(18-10-4-3-9-17(16)18)22-19-11-5-6-12-21(19)23-14-24-22/h1-14H. The minimum Gasteiger partial charge on any atom is -0.236 e. The first kappa shape index (κ1) is 13.2. The largest absolute Gasteiger partial charge is 0.236 e. The highest BCUT2D eigenvalue weighted by Gasteiger charge is 2.12. The third-order valence-electron chi connectivity index (χ3n) is 4.57. The second kappa shape index (κ2) is 5.14. The fourth-order valence-corrected chi connectivity index (χ4v) is 3.47. The first-order valence-corrected chi connectivity index (χ1v) is 8.02. The third kappa shape index (κ3) is 1.90. The smallest absolute Gasteiger partial charge is 0.116 e.